The maximum atomic E-state index is 9.11. The third kappa shape index (κ3) is 1.23. The van der Waals surface area contributed by atoms with Gasteiger partial charge in [-0.25, -0.2) is 0 Å². The topological polar surface area (TPSA) is 25.2 Å². The zero-order chi connectivity index (χ0) is 9.26. The predicted octanol–water partition coefficient (Wildman–Crippen LogP) is 2.15. The van der Waals surface area contributed by atoms with Gasteiger partial charge < -0.3 is 9.67 Å². The highest BCUT2D eigenvalue weighted by atomic mass is 16.3. The molecule has 0 bridgehead atoms. The van der Waals surface area contributed by atoms with Gasteiger partial charge in [0.1, 0.15) is 6.73 Å². The van der Waals surface area contributed by atoms with Gasteiger partial charge in [-0.2, -0.15) is 0 Å². The number of benzene rings is 1. The lowest BCUT2D eigenvalue weighted by Gasteiger charge is -1.97. The van der Waals surface area contributed by atoms with Crippen LogP contribution < -0.4 is 0 Å². The quantitative estimate of drug-likeness (QED) is 0.743. The molecule has 2 heteroatoms. The first-order chi connectivity index (χ1) is 6.36. The van der Waals surface area contributed by atoms with Crippen LogP contribution in [0.4, 0.5) is 0 Å². The molecule has 1 aromatic heterocycles. The average molecular weight is 175 g/mol. The molecule has 0 aliphatic rings. The Balaban J connectivity index is 2.74. The molecule has 2 aromatic rings. The Kier molecular flexibility index (Phi) is 2.07. The van der Waals surface area contributed by atoms with E-state index in [-0.39, 0.29) is 6.73 Å². The van der Waals surface area contributed by atoms with Gasteiger partial charge in [0.05, 0.1) is 5.52 Å². The van der Waals surface area contributed by atoms with Crippen LogP contribution >= 0.6 is 0 Å². The second-order valence-corrected chi connectivity index (χ2v) is 3.14. The number of aromatic nitrogens is 1. The molecule has 0 aliphatic heterocycles. The van der Waals surface area contributed by atoms with Crippen LogP contribution in [0.2, 0.25) is 0 Å². The van der Waals surface area contributed by atoms with Crippen molar-refractivity contribution in [2.24, 2.45) is 0 Å². The molecule has 0 radical (unpaired) electrons. The molecule has 0 unspecified atom stereocenters. The summed E-state index contributed by atoms with van der Waals surface area (Å²) in [6, 6.07) is 8.15. The van der Waals surface area contributed by atoms with Crippen molar-refractivity contribution in [1.82, 2.24) is 4.57 Å². The van der Waals surface area contributed by atoms with Crippen LogP contribution in [0, 0.1) is 0 Å². The van der Waals surface area contributed by atoms with Crippen molar-refractivity contribution in [3.8, 4) is 0 Å². The lowest BCUT2D eigenvalue weighted by atomic mass is 10.1. The smallest absolute Gasteiger partial charge is 0.119 e. The minimum Gasteiger partial charge on any atom is -0.376 e. The highest BCUT2D eigenvalue weighted by Gasteiger charge is 2.04. The largest absolute Gasteiger partial charge is 0.376 e. The zero-order valence-electron chi connectivity index (χ0n) is 7.70. The van der Waals surface area contributed by atoms with Crippen molar-refractivity contribution in [3.63, 3.8) is 0 Å². The number of rotatable bonds is 2. The number of para-hydroxylation sites is 1. The van der Waals surface area contributed by atoms with Gasteiger partial charge in [0.25, 0.3) is 0 Å². The first-order valence-electron chi connectivity index (χ1n) is 4.54. The van der Waals surface area contributed by atoms with E-state index in [1.807, 2.05) is 29.0 Å². The number of aliphatic hydroxyl groups is 1. The van der Waals surface area contributed by atoms with Gasteiger partial charge in [0, 0.05) is 11.6 Å². The molecule has 1 N–H and O–H groups in total. The van der Waals surface area contributed by atoms with Crippen molar-refractivity contribution in [2.45, 2.75) is 20.1 Å². The van der Waals surface area contributed by atoms with Crippen LogP contribution in [0.15, 0.2) is 30.5 Å². The van der Waals surface area contributed by atoms with Gasteiger partial charge >= 0.3 is 0 Å². The molecular formula is C11H13NO. The molecule has 0 saturated carbocycles. The van der Waals surface area contributed by atoms with Gasteiger partial charge in [0.15, 0.2) is 0 Å². The maximum absolute atomic E-state index is 9.11. The molecule has 2 nitrogen and oxygen atoms in total. The standard InChI is InChI=1S/C11H13NO/c1-2-9-7-12(8-13)11-6-4-3-5-10(9)11/h3-7,13H,2,8H2,1H3. The lowest BCUT2D eigenvalue weighted by Crippen LogP contribution is -1.92. The van der Waals surface area contributed by atoms with E-state index in [0.29, 0.717) is 0 Å². The molecule has 0 amide bonds. The van der Waals surface area contributed by atoms with E-state index in [9.17, 15) is 0 Å². The summed E-state index contributed by atoms with van der Waals surface area (Å²) in [6.07, 6.45) is 3.03. The number of aliphatic hydroxyl groups excluding tert-OH is 1. The first-order valence-corrected chi connectivity index (χ1v) is 4.54. The SMILES string of the molecule is CCc1cn(CO)c2ccccc12. The minimum atomic E-state index is 0.0561. The Bertz CT molecular complexity index is 379. The van der Waals surface area contributed by atoms with E-state index in [2.05, 4.69) is 13.0 Å². The van der Waals surface area contributed by atoms with E-state index in [0.717, 1.165) is 11.9 Å². The van der Waals surface area contributed by atoms with Gasteiger partial charge in [-0.3, -0.25) is 0 Å². The summed E-state index contributed by atoms with van der Waals surface area (Å²) >= 11 is 0. The van der Waals surface area contributed by atoms with Crippen molar-refractivity contribution in [3.05, 3.63) is 36.0 Å². The molecule has 0 atom stereocenters. The number of fused-ring (bicyclic) bond motifs is 1. The van der Waals surface area contributed by atoms with Gasteiger partial charge in [-0.15, -0.1) is 0 Å². The van der Waals surface area contributed by atoms with Crippen LogP contribution in [0.3, 0.4) is 0 Å². The van der Waals surface area contributed by atoms with Crippen molar-refractivity contribution >= 4 is 10.9 Å². The second kappa shape index (κ2) is 3.23. The van der Waals surface area contributed by atoms with Crippen LogP contribution in [0.25, 0.3) is 10.9 Å². The molecular weight excluding hydrogens is 162 g/mol. The van der Waals surface area contributed by atoms with E-state index in [1.54, 1.807) is 0 Å². The van der Waals surface area contributed by atoms with Crippen LogP contribution in [-0.4, -0.2) is 9.67 Å². The number of nitrogens with zero attached hydrogens (tertiary/aromatic N) is 1. The minimum absolute atomic E-state index is 0.0561. The second-order valence-electron chi connectivity index (χ2n) is 3.14. The fourth-order valence-electron chi connectivity index (χ4n) is 1.72. The molecule has 1 heterocycles. The first kappa shape index (κ1) is 8.32. The van der Waals surface area contributed by atoms with Gasteiger partial charge in [-0.05, 0) is 18.1 Å². The zero-order valence-corrected chi connectivity index (χ0v) is 7.70. The molecule has 68 valence electrons. The molecule has 1 aromatic carbocycles. The highest BCUT2D eigenvalue weighted by Crippen LogP contribution is 2.20. The maximum Gasteiger partial charge on any atom is 0.119 e. The fourth-order valence-corrected chi connectivity index (χ4v) is 1.72. The summed E-state index contributed by atoms with van der Waals surface area (Å²) in [5.41, 5.74) is 2.41. The number of hydrogen-bond donors (Lipinski definition) is 1. The van der Waals surface area contributed by atoms with Crippen LogP contribution in [0.1, 0.15) is 12.5 Å². The van der Waals surface area contributed by atoms with Crippen LogP contribution in [0.5, 0.6) is 0 Å². The lowest BCUT2D eigenvalue weighted by molar-refractivity contribution is 0.215. The molecule has 2 rings (SSSR count). The van der Waals surface area contributed by atoms with Crippen molar-refractivity contribution in [1.29, 1.82) is 0 Å². The number of hydrogen-bond acceptors (Lipinski definition) is 1. The molecule has 0 spiro atoms. The monoisotopic (exact) mass is 175 g/mol. The Hall–Kier alpha value is -1.28. The molecule has 0 fully saturated rings. The van der Waals surface area contributed by atoms with E-state index in [4.69, 9.17) is 5.11 Å². The third-order valence-corrected chi connectivity index (χ3v) is 2.40. The summed E-state index contributed by atoms with van der Waals surface area (Å²) in [7, 11) is 0. The average Bonchev–Trinajstić information content (AvgIpc) is 2.56. The Labute approximate surface area is 77.4 Å². The third-order valence-electron chi connectivity index (χ3n) is 2.40. The van der Waals surface area contributed by atoms with Crippen molar-refractivity contribution in [2.75, 3.05) is 0 Å². The van der Waals surface area contributed by atoms with Gasteiger partial charge in [0.2, 0.25) is 0 Å². The normalized spacial score (nSPS) is 10.9. The fraction of sp³-hybridized carbons (Fsp3) is 0.273. The Morgan fingerprint density at radius 1 is 1.31 bits per heavy atom. The predicted molar refractivity (Wildman–Crippen MR) is 53.5 cm³/mol. The van der Waals surface area contributed by atoms with Gasteiger partial charge in [-0.1, -0.05) is 25.1 Å². The Morgan fingerprint density at radius 2 is 2.08 bits per heavy atom. The molecule has 13 heavy (non-hydrogen) atoms. The summed E-state index contributed by atoms with van der Waals surface area (Å²) in [5, 5.41) is 10.4. The summed E-state index contributed by atoms with van der Waals surface area (Å²) in [4.78, 5) is 0. The van der Waals surface area contributed by atoms with Crippen LogP contribution in [-0.2, 0) is 13.2 Å². The molecule has 0 aliphatic carbocycles. The number of aryl methyl sites for hydroxylation is 1. The summed E-state index contributed by atoms with van der Waals surface area (Å²) < 4.78 is 1.87. The van der Waals surface area contributed by atoms with E-state index >= 15 is 0 Å². The van der Waals surface area contributed by atoms with E-state index < -0.39 is 0 Å². The summed E-state index contributed by atoms with van der Waals surface area (Å²) in [6.45, 7) is 2.18. The summed E-state index contributed by atoms with van der Waals surface area (Å²) in [5.74, 6) is 0. The Morgan fingerprint density at radius 3 is 2.77 bits per heavy atom. The van der Waals surface area contributed by atoms with E-state index in [1.165, 1.54) is 10.9 Å². The molecule has 0 saturated heterocycles. The highest BCUT2D eigenvalue weighted by molar-refractivity contribution is 5.83. The van der Waals surface area contributed by atoms with Crippen molar-refractivity contribution < 1.29 is 5.11 Å².